The fourth-order valence-electron chi connectivity index (χ4n) is 3.91. The molecular formula is C13H20F2O2. The van der Waals surface area contributed by atoms with E-state index in [1.54, 1.807) is 6.92 Å². The molecule has 2 aliphatic carbocycles. The zero-order valence-corrected chi connectivity index (χ0v) is 10.7. The van der Waals surface area contributed by atoms with E-state index in [2.05, 4.69) is 0 Å². The van der Waals surface area contributed by atoms with Gasteiger partial charge in [0.15, 0.2) is 0 Å². The largest absolute Gasteiger partial charge is 0.466 e. The molecule has 0 amide bonds. The van der Waals surface area contributed by atoms with E-state index in [-0.39, 0.29) is 24.7 Å². The van der Waals surface area contributed by atoms with Crippen molar-refractivity contribution in [3.63, 3.8) is 0 Å². The van der Waals surface area contributed by atoms with Gasteiger partial charge >= 0.3 is 5.97 Å². The first kappa shape index (κ1) is 12.8. The van der Waals surface area contributed by atoms with Crippen molar-refractivity contribution >= 4 is 5.97 Å². The average molecular weight is 246 g/mol. The molecule has 98 valence electrons. The Bertz CT molecular complexity index is 342. The van der Waals surface area contributed by atoms with E-state index in [1.807, 2.05) is 13.8 Å². The lowest BCUT2D eigenvalue weighted by atomic mass is 9.80. The Kier molecular flexibility index (Phi) is 2.75. The lowest BCUT2D eigenvalue weighted by molar-refractivity contribution is -0.155. The highest BCUT2D eigenvalue weighted by atomic mass is 19.3. The molecule has 0 N–H and O–H groups in total. The molecule has 0 radical (unpaired) electrons. The van der Waals surface area contributed by atoms with E-state index >= 15 is 0 Å². The minimum Gasteiger partial charge on any atom is -0.466 e. The first-order valence-corrected chi connectivity index (χ1v) is 6.26. The maximum absolute atomic E-state index is 13.4. The second kappa shape index (κ2) is 3.66. The summed E-state index contributed by atoms with van der Waals surface area (Å²) in [7, 11) is 0. The molecule has 0 aromatic carbocycles. The molecule has 2 fully saturated rings. The highest BCUT2D eigenvalue weighted by Crippen LogP contribution is 2.64. The molecule has 0 aliphatic heterocycles. The molecule has 2 aliphatic rings. The van der Waals surface area contributed by atoms with Crippen LogP contribution in [0.2, 0.25) is 0 Å². The fourth-order valence-corrected chi connectivity index (χ4v) is 3.91. The van der Waals surface area contributed by atoms with Crippen molar-refractivity contribution in [3.8, 4) is 0 Å². The number of carbonyl (C=O) groups is 1. The van der Waals surface area contributed by atoms with Crippen LogP contribution in [-0.2, 0) is 9.53 Å². The van der Waals surface area contributed by atoms with Crippen molar-refractivity contribution in [1.82, 2.24) is 0 Å². The molecule has 17 heavy (non-hydrogen) atoms. The summed E-state index contributed by atoms with van der Waals surface area (Å²) in [6.45, 7) is 5.87. The number of halogens is 2. The maximum Gasteiger partial charge on any atom is 0.311 e. The Morgan fingerprint density at radius 1 is 1.29 bits per heavy atom. The summed E-state index contributed by atoms with van der Waals surface area (Å²) in [6.07, 6.45) is 0.912. The third-order valence-corrected chi connectivity index (χ3v) is 4.45. The van der Waals surface area contributed by atoms with Crippen molar-refractivity contribution in [2.75, 3.05) is 6.61 Å². The average Bonchev–Trinajstić information content (AvgIpc) is 2.48. The quantitative estimate of drug-likeness (QED) is 0.698. The number of hydrogen-bond acceptors (Lipinski definition) is 2. The van der Waals surface area contributed by atoms with Crippen LogP contribution in [0.1, 0.15) is 46.5 Å². The smallest absolute Gasteiger partial charge is 0.311 e. The molecule has 2 rings (SSSR count). The minimum atomic E-state index is -2.55. The predicted octanol–water partition coefficient (Wildman–Crippen LogP) is 3.40. The molecule has 0 heterocycles. The van der Waals surface area contributed by atoms with Gasteiger partial charge in [0.25, 0.3) is 0 Å². The number of ether oxygens (including phenoxy) is 1. The fraction of sp³-hybridized carbons (Fsp3) is 0.923. The van der Waals surface area contributed by atoms with Gasteiger partial charge in [-0.1, -0.05) is 6.92 Å². The summed E-state index contributed by atoms with van der Waals surface area (Å²) in [6, 6.07) is 0. The Morgan fingerprint density at radius 3 is 2.47 bits per heavy atom. The van der Waals surface area contributed by atoms with Gasteiger partial charge in [0.1, 0.15) is 0 Å². The number of alkyl halides is 2. The summed E-state index contributed by atoms with van der Waals surface area (Å²) in [5, 5.41) is 0. The molecule has 2 saturated carbocycles. The van der Waals surface area contributed by atoms with Gasteiger partial charge in [0.05, 0.1) is 12.0 Å². The van der Waals surface area contributed by atoms with Crippen molar-refractivity contribution in [2.24, 2.45) is 16.7 Å². The molecule has 0 aromatic heterocycles. The summed E-state index contributed by atoms with van der Waals surface area (Å²) < 4.78 is 31.9. The van der Waals surface area contributed by atoms with Gasteiger partial charge in [-0.3, -0.25) is 4.79 Å². The second-order valence-corrected chi connectivity index (χ2v) is 6.25. The van der Waals surface area contributed by atoms with Crippen LogP contribution in [0.4, 0.5) is 8.78 Å². The third kappa shape index (κ3) is 2.06. The van der Waals surface area contributed by atoms with Crippen LogP contribution < -0.4 is 0 Å². The molecule has 0 unspecified atom stereocenters. The normalized spacial score (nSPS) is 43.5. The van der Waals surface area contributed by atoms with Crippen LogP contribution in [0.3, 0.4) is 0 Å². The lowest BCUT2D eigenvalue weighted by Gasteiger charge is -2.27. The lowest BCUT2D eigenvalue weighted by Crippen LogP contribution is -2.30. The van der Waals surface area contributed by atoms with Crippen LogP contribution in [0, 0.1) is 16.7 Å². The second-order valence-electron chi connectivity index (χ2n) is 6.25. The predicted molar refractivity (Wildman–Crippen MR) is 59.8 cm³/mol. The molecule has 0 spiro atoms. The number of carbonyl (C=O) groups excluding carboxylic acids is 1. The maximum atomic E-state index is 13.4. The topological polar surface area (TPSA) is 26.3 Å². The Labute approximate surface area is 101 Å². The number of hydrogen-bond donors (Lipinski definition) is 0. The van der Waals surface area contributed by atoms with Crippen molar-refractivity contribution in [1.29, 1.82) is 0 Å². The first-order chi connectivity index (χ1) is 7.71. The monoisotopic (exact) mass is 246 g/mol. The Hall–Kier alpha value is -0.670. The van der Waals surface area contributed by atoms with Gasteiger partial charge in [-0.05, 0) is 38.0 Å². The van der Waals surface area contributed by atoms with Gasteiger partial charge in [0.2, 0.25) is 5.92 Å². The summed E-state index contributed by atoms with van der Waals surface area (Å²) >= 11 is 0. The van der Waals surface area contributed by atoms with E-state index in [9.17, 15) is 13.6 Å². The zero-order chi connectivity index (χ0) is 12.9. The van der Waals surface area contributed by atoms with Crippen molar-refractivity contribution in [2.45, 2.75) is 52.4 Å². The van der Waals surface area contributed by atoms with Crippen LogP contribution in [0.15, 0.2) is 0 Å². The molecule has 3 atom stereocenters. The van der Waals surface area contributed by atoms with Gasteiger partial charge in [-0.15, -0.1) is 0 Å². The standard InChI is InChI=1S/C13H20F2O2/c1-4-17-10(16)11(2)5-9-6-13(14,15)8-12(9,3)7-11/h9H,4-8H2,1-3H3/t9-,11-,12+/m1/s1. The van der Waals surface area contributed by atoms with Crippen LogP contribution in [0.25, 0.3) is 0 Å². The van der Waals surface area contributed by atoms with Crippen LogP contribution in [0.5, 0.6) is 0 Å². The third-order valence-electron chi connectivity index (χ3n) is 4.45. The number of esters is 1. The van der Waals surface area contributed by atoms with Gasteiger partial charge in [-0.2, -0.15) is 0 Å². The van der Waals surface area contributed by atoms with E-state index in [0.29, 0.717) is 19.4 Å². The SMILES string of the molecule is CCOC(=O)[C@]1(C)C[C@@H]2CC(F)(F)C[C@]2(C)C1. The minimum absolute atomic E-state index is 0.0492. The van der Waals surface area contributed by atoms with Gasteiger partial charge in [0, 0.05) is 12.8 Å². The van der Waals surface area contributed by atoms with Crippen LogP contribution in [-0.4, -0.2) is 18.5 Å². The number of rotatable bonds is 2. The Morgan fingerprint density at radius 2 is 1.94 bits per heavy atom. The molecular weight excluding hydrogens is 226 g/mol. The molecule has 0 aromatic rings. The van der Waals surface area contributed by atoms with Gasteiger partial charge in [-0.25, -0.2) is 8.78 Å². The number of fused-ring (bicyclic) bond motifs is 1. The first-order valence-electron chi connectivity index (χ1n) is 6.26. The summed E-state index contributed by atoms with van der Waals surface area (Å²) in [5.74, 6) is -2.82. The van der Waals surface area contributed by atoms with E-state index in [0.717, 1.165) is 0 Å². The summed E-state index contributed by atoms with van der Waals surface area (Å²) in [5.41, 5.74) is -0.961. The van der Waals surface area contributed by atoms with E-state index in [4.69, 9.17) is 4.74 Å². The highest BCUT2D eigenvalue weighted by Gasteiger charge is 2.62. The molecule has 0 bridgehead atoms. The van der Waals surface area contributed by atoms with Crippen molar-refractivity contribution in [3.05, 3.63) is 0 Å². The molecule has 2 nitrogen and oxygen atoms in total. The van der Waals surface area contributed by atoms with Gasteiger partial charge < -0.3 is 4.74 Å². The van der Waals surface area contributed by atoms with Crippen molar-refractivity contribution < 1.29 is 18.3 Å². The molecule has 4 heteroatoms. The highest BCUT2D eigenvalue weighted by molar-refractivity contribution is 5.77. The summed E-state index contributed by atoms with van der Waals surface area (Å²) in [4.78, 5) is 11.9. The van der Waals surface area contributed by atoms with Crippen LogP contribution >= 0.6 is 0 Å². The molecule has 0 saturated heterocycles. The Balaban J connectivity index is 2.14. The zero-order valence-electron chi connectivity index (χ0n) is 10.7. The van der Waals surface area contributed by atoms with E-state index in [1.165, 1.54) is 0 Å². The van der Waals surface area contributed by atoms with E-state index < -0.39 is 16.8 Å².